The van der Waals surface area contributed by atoms with Crippen LogP contribution < -0.4 is 10.1 Å². The van der Waals surface area contributed by atoms with Crippen molar-refractivity contribution in [3.05, 3.63) is 71.5 Å². The maximum Gasteiger partial charge on any atom is 0.341 e. The van der Waals surface area contributed by atoms with Crippen molar-refractivity contribution in [3.63, 3.8) is 0 Å². The van der Waals surface area contributed by atoms with Crippen LogP contribution in [0.5, 0.6) is 5.75 Å². The van der Waals surface area contributed by atoms with Gasteiger partial charge in [0.25, 0.3) is 5.91 Å². The molecule has 2 aromatic carbocycles. The average Bonchev–Trinajstić information content (AvgIpc) is 3.45. The number of nitrogens with one attached hydrogen (secondary N) is 1. The van der Waals surface area contributed by atoms with Crippen molar-refractivity contribution in [2.45, 2.75) is 45.6 Å². The van der Waals surface area contributed by atoms with Crippen LogP contribution in [0.3, 0.4) is 0 Å². The molecule has 1 aliphatic rings. The number of rotatable bonds is 7. The molecule has 0 aliphatic heterocycles. The highest BCUT2D eigenvalue weighted by Gasteiger charge is 2.19. The molecule has 1 fully saturated rings. The molecule has 0 atom stereocenters. The van der Waals surface area contributed by atoms with E-state index in [0.29, 0.717) is 34.9 Å². The van der Waals surface area contributed by atoms with Gasteiger partial charge in [0.1, 0.15) is 11.3 Å². The number of nitrogens with zero attached hydrogens (tertiary/aromatic N) is 2. The quantitative estimate of drug-likeness (QED) is 0.534. The Kier molecular flexibility index (Phi) is 6.54. The molecule has 1 aliphatic carbocycles. The van der Waals surface area contributed by atoms with Crippen LogP contribution >= 0.6 is 0 Å². The van der Waals surface area contributed by atoms with Gasteiger partial charge in [-0.15, -0.1) is 0 Å². The first-order chi connectivity index (χ1) is 15.6. The van der Waals surface area contributed by atoms with Crippen LogP contribution in [0.25, 0.3) is 5.69 Å². The van der Waals surface area contributed by atoms with Gasteiger partial charge in [0.2, 0.25) is 0 Å². The fraction of sp³-hybridized carbons (Fsp3) is 0.320. The van der Waals surface area contributed by atoms with E-state index in [0.717, 1.165) is 18.5 Å². The number of para-hydroxylation sites is 2. The van der Waals surface area contributed by atoms with Gasteiger partial charge in [-0.25, -0.2) is 9.48 Å². The van der Waals surface area contributed by atoms with Crippen molar-refractivity contribution in [2.75, 3.05) is 11.9 Å². The molecular weight excluding hydrogens is 406 g/mol. The van der Waals surface area contributed by atoms with E-state index < -0.39 is 5.97 Å². The van der Waals surface area contributed by atoms with E-state index in [9.17, 15) is 9.59 Å². The Bertz CT molecular complexity index is 1100. The van der Waals surface area contributed by atoms with Crippen molar-refractivity contribution >= 4 is 17.6 Å². The number of hydrogen-bond acceptors (Lipinski definition) is 5. The Morgan fingerprint density at radius 3 is 2.53 bits per heavy atom. The summed E-state index contributed by atoms with van der Waals surface area (Å²) in [6.45, 7) is 3.88. The largest absolute Gasteiger partial charge is 0.488 e. The number of ether oxygens (including phenoxy) is 2. The van der Waals surface area contributed by atoms with Gasteiger partial charge >= 0.3 is 5.97 Å². The summed E-state index contributed by atoms with van der Waals surface area (Å²) >= 11 is 0. The monoisotopic (exact) mass is 433 g/mol. The second-order valence-electron chi connectivity index (χ2n) is 7.80. The third kappa shape index (κ3) is 4.66. The van der Waals surface area contributed by atoms with Crippen molar-refractivity contribution in [1.82, 2.24) is 9.78 Å². The molecule has 0 unspecified atom stereocenters. The lowest BCUT2D eigenvalue weighted by Gasteiger charge is -2.17. The third-order valence-corrected chi connectivity index (χ3v) is 5.61. The topological polar surface area (TPSA) is 82.5 Å². The second kappa shape index (κ2) is 9.68. The first-order valence-corrected chi connectivity index (χ1v) is 11.0. The Hall–Kier alpha value is -3.61. The molecule has 166 valence electrons. The molecule has 0 saturated heterocycles. The van der Waals surface area contributed by atoms with E-state index in [1.165, 1.54) is 19.0 Å². The lowest BCUT2D eigenvalue weighted by molar-refractivity contribution is 0.0525. The summed E-state index contributed by atoms with van der Waals surface area (Å²) in [5.74, 6) is 0.0807. The molecule has 0 bridgehead atoms. The van der Waals surface area contributed by atoms with Crippen LogP contribution in [0, 0.1) is 6.92 Å². The maximum absolute atomic E-state index is 12.8. The molecule has 1 heterocycles. The van der Waals surface area contributed by atoms with Crippen LogP contribution in [0.4, 0.5) is 5.69 Å². The molecule has 7 heteroatoms. The molecule has 1 amide bonds. The molecule has 0 radical (unpaired) electrons. The number of amides is 1. The fourth-order valence-electron chi connectivity index (χ4n) is 3.89. The molecule has 1 saturated carbocycles. The van der Waals surface area contributed by atoms with Crippen LogP contribution in [-0.2, 0) is 4.74 Å². The highest BCUT2D eigenvalue weighted by molar-refractivity contribution is 6.05. The normalized spacial score (nSPS) is 13.7. The number of carbonyl (C=O) groups is 2. The summed E-state index contributed by atoms with van der Waals surface area (Å²) in [6.07, 6.45) is 6.17. The predicted octanol–water partition coefficient (Wildman–Crippen LogP) is 4.93. The average molecular weight is 434 g/mol. The number of aromatic nitrogens is 2. The lowest BCUT2D eigenvalue weighted by Crippen LogP contribution is -2.16. The number of anilines is 1. The van der Waals surface area contributed by atoms with Gasteiger partial charge < -0.3 is 14.8 Å². The van der Waals surface area contributed by atoms with Crippen molar-refractivity contribution in [1.29, 1.82) is 0 Å². The van der Waals surface area contributed by atoms with Crippen molar-refractivity contribution < 1.29 is 19.1 Å². The van der Waals surface area contributed by atoms with Gasteiger partial charge in [-0.3, -0.25) is 4.79 Å². The van der Waals surface area contributed by atoms with Gasteiger partial charge in [-0.2, -0.15) is 5.10 Å². The summed E-state index contributed by atoms with van der Waals surface area (Å²) in [6, 6.07) is 14.6. The highest BCUT2D eigenvalue weighted by atomic mass is 16.5. The van der Waals surface area contributed by atoms with Crippen LogP contribution in [-0.4, -0.2) is 34.4 Å². The maximum atomic E-state index is 12.8. The zero-order valence-electron chi connectivity index (χ0n) is 18.3. The van der Waals surface area contributed by atoms with E-state index in [1.807, 2.05) is 24.3 Å². The molecule has 1 N–H and O–H groups in total. The number of hydrogen-bond donors (Lipinski definition) is 1. The van der Waals surface area contributed by atoms with E-state index >= 15 is 0 Å². The molecule has 4 rings (SSSR count). The first-order valence-electron chi connectivity index (χ1n) is 11.0. The molecule has 32 heavy (non-hydrogen) atoms. The van der Waals surface area contributed by atoms with Gasteiger partial charge in [-0.1, -0.05) is 12.1 Å². The zero-order valence-corrected chi connectivity index (χ0v) is 18.3. The van der Waals surface area contributed by atoms with E-state index in [-0.39, 0.29) is 12.0 Å². The molecule has 1 aromatic heterocycles. The summed E-state index contributed by atoms with van der Waals surface area (Å²) in [4.78, 5) is 24.9. The number of benzene rings is 2. The van der Waals surface area contributed by atoms with Crippen molar-refractivity contribution in [3.8, 4) is 11.4 Å². The standard InChI is InChI=1S/C25H27N3O4/c1-3-31-25(30)21-16-26-28(17(21)2)19-14-12-18(13-15-19)24(29)27-22-10-6-7-11-23(22)32-20-8-4-5-9-20/h6-7,10-16,20H,3-5,8-9H2,1-2H3,(H,27,29). The van der Waals surface area contributed by atoms with Crippen LogP contribution in [0.2, 0.25) is 0 Å². The minimum absolute atomic E-state index is 0.212. The fourth-order valence-corrected chi connectivity index (χ4v) is 3.89. The number of carbonyl (C=O) groups excluding carboxylic acids is 2. The molecule has 0 spiro atoms. The van der Waals surface area contributed by atoms with Gasteiger partial charge in [0, 0.05) is 5.56 Å². The van der Waals surface area contributed by atoms with Crippen LogP contribution in [0.1, 0.15) is 59.0 Å². The Labute approximate surface area is 187 Å². The summed E-state index contributed by atoms with van der Waals surface area (Å²) in [7, 11) is 0. The predicted molar refractivity (Wildman–Crippen MR) is 122 cm³/mol. The number of esters is 1. The molecule has 7 nitrogen and oxygen atoms in total. The molecule has 3 aromatic rings. The summed E-state index contributed by atoms with van der Waals surface area (Å²) < 4.78 is 12.8. The smallest absolute Gasteiger partial charge is 0.341 e. The Morgan fingerprint density at radius 1 is 1.09 bits per heavy atom. The minimum atomic E-state index is -0.397. The van der Waals surface area contributed by atoms with E-state index in [4.69, 9.17) is 9.47 Å². The minimum Gasteiger partial charge on any atom is -0.488 e. The lowest BCUT2D eigenvalue weighted by atomic mass is 10.1. The van der Waals surface area contributed by atoms with Crippen LogP contribution in [0.15, 0.2) is 54.7 Å². The summed E-state index contributed by atoms with van der Waals surface area (Å²) in [5.41, 5.74) is 3.03. The van der Waals surface area contributed by atoms with E-state index in [1.54, 1.807) is 42.8 Å². The summed E-state index contributed by atoms with van der Waals surface area (Å²) in [5, 5.41) is 7.25. The van der Waals surface area contributed by atoms with E-state index in [2.05, 4.69) is 10.4 Å². The zero-order chi connectivity index (χ0) is 22.5. The van der Waals surface area contributed by atoms with Gasteiger partial charge in [0.05, 0.1) is 36.0 Å². The molecular formula is C25H27N3O4. The van der Waals surface area contributed by atoms with Gasteiger partial charge in [-0.05, 0) is 75.9 Å². The Morgan fingerprint density at radius 2 is 1.81 bits per heavy atom. The van der Waals surface area contributed by atoms with Crippen molar-refractivity contribution in [2.24, 2.45) is 0 Å². The Balaban J connectivity index is 1.47. The third-order valence-electron chi connectivity index (χ3n) is 5.61. The highest BCUT2D eigenvalue weighted by Crippen LogP contribution is 2.30. The SMILES string of the molecule is CCOC(=O)c1cnn(-c2ccc(C(=O)Nc3ccccc3OC3CCCC3)cc2)c1C. The van der Waals surface area contributed by atoms with Gasteiger partial charge in [0.15, 0.2) is 0 Å². The second-order valence-corrected chi connectivity index (χ2v) is 7.80. The first kappa shape index (κ1) is 21.6.